The third-order valence-electron chi connectivity index (χ3n) is 4.49. The number of amides is 2. The van der Waals surface area contributed by atoms with Crippen LogP contribution in [0, 0.1) is 0 Å². The van der Waals surface area contributed by atoms with Crippen LogP contribution < -0.4 is 11.1 Å². The first-order valence-electron chi connectivity index (χ1n) is 7.70. The number of sulfonamides is 1. The number of piperidine rings is 2. The van der Waals surface area contributed by atoms with E-state index in [1.807, 2.05) is 0 Å². The maximum atomic E-state index is 11.8. The summed E-state index contributed by atoms with van der Waals surface area (Å²) in [7, 11) is -3.05. The maximum Gasteiger partial charge on any atom is 0.314 e. The Balaban J connectivity index is 1.74. The van der Waals surface area contributed by atoms with Gasteiger partial charge in [0.2, 0.25) is 10.0 Å². The summed E-state index contributed by atoms with van der Waals surface area (Å²) >= 11 is 0. The predicted octanol–water partition coefficient (Wildman–Crippen LogP) is -0.0668. The number of carbonyl (C=O) groups excluding carboxylic acids is 1. The fourth-order valence-electron chi connectivity index (χ4n) is 3.08. The molecule has 7 nitrogen and oxygen atoms in total. The Bertz CT molecular complexity index is 452. The molecule has 2 aliphatic heterocycles. The second-order valence-electron chi connectivity index (χ2n) is 5.84. The van der Waals surface area contributed by atoms with E-state index in [1.165, 1.54) is 0 Å². The first-order valence-corrected chi connectivity index (χ1v) is 9.31. The number of primary amides is 1. The molecule has 2 saturated heterocycles. The molecular weight excluding hydrogens is 292 g/mol. The zero-order valence-corrected chi connectivity index (χ0v) is 13.4. The molecule has 0 bridgehead atoms. The average Bonchev–Trinajstić information content (AvgIpc) is 2.48. The van der Waals surface area contributed by atoms with Crippen LogP contribution in [0.25, 0.3) is 0 Å². The van der Waals surface area contributed by atoms with Crippen LogP contribution in [0.1, 0.15) is 32.6 Å². The third kappa shape index (κ3) is 4.31. The van der Waals surface area contributed by atoms with Gasteiger partial charge in [0.1, 0.15) is 0 Å². The molecule has 2 amide bonds. The van der Waals surface area contributed by atoms with Crippen LogP contribution in [0.4, 0.5) is 4.79 Å². The van der Waals surface area contributed by atoms with Crippen LogP contribution in [0.15, 0.2) is 0 Å². The average molecular weight is 318 g/mol. The lowest BCUT2D eigenvalue weighted by molar-refractivity contribution is 0.177. The molecule has 8 heteroatoms. The van der Waals surface area contributed by atoms with E-state index < -0.39 is 10.0 Å². The Kier molecular flexibility index (Phi) is 5.45. The standard InChI is InChI=1S/C13H26N4O3S/c1-2-21(19,20)17-9-5-12(6-10-17)15-11-3-7-16(8-4-11)13(14)18/h11-12,15H,2-10H2,1H3,(H2,14,18). The van der Waals surface area contributed by atoms with Crippen molar-refractivity contribution in [3.63, 3.8) is 0 Å². The highest BCUT2D eigenvalue weighted by molar-refractivity contribution is 7.89. The van der Waals surface area contributed by atoms with E-state index in [2.05, 4.69) is 5.32 Å². The van der Waals surface area contributed by atoms with Gasteiger partial charge in [-0.3, -0.25) is 0 Å². The van der Waals surface area contributed by atoms with Gasteiger partial charge < -0.3 is 16.0 Å². The van der Waals surface area contributed by atoms with Crippen LogP contribution in [0.3, 0.4) is 0 Å². The highest BCUT2D eigenvalue weighted by Gasteiger charge is 2.29. The monoisotopic (exact) mass is 318 g/mol. The number of nitrogens with zero attached hydrogens (tertiary/aromatic N) is 2. The molecule has 0 atom stereocenters. The summed E-state index contributed by atoms with van der Waals surface area (Å²) in [5.74, 6) is 0.177. The van der Waals surface area contributed by atoms with Crippen molar-refractivity contribution in [2.75, 3.05) is 31.9 Å². The number of hydrogen-bond acceptors (Lipinski definition) is 4. The first-order chi connectivity index (χ1) is 9.92. The van der Waals surface area contributed by atoms with E-state index in [-0.39, 0.29) is 11.8 Å². The molecule has 21 heavy (non-hydrogen) atoms. The van der Waals surface area contributed by atoms with Crippen molar-refractivity contribution in [1.29, 1.82) is 0 Å². The largest absolute Gasteiger partial charge is 0.351 e. The molecule has 2 fully saturated rings. The number of rotatable bonds is 4. The SMILES string of the molecule is CCS(=O)(=O)N1CCC(NC2CCN(C(N)=O)CC2)CC1. The first kappa shape index (κ1) is 16.5. The van der Waals surface area contributed by atoms with E-state index >= 15 is 0 Å². The zero-order chi connectivity index (χ0) is 15.5. The summed E-state index contributed by atoms with van der Waals surface area (Å²) in [5, 5.41) is 3.61. The van der Waals surface area contributed by atoms with Crippen molar-refractivity contribution in [3.05, 3.63) is 0 Å². The van der Waals surface area contributed by atoms with Gasteiger partial charge in [0.25, 0.3) is 0 Å². The Hall–Kier alpha value is -0.860. The highest BCUT2D eigenvalue weighted by atomic mass is 32.2. The Morgan fingerprint density at radius 2 is 1.57 bits per heavy atom. The number of hydrogen-bond donors (Lipinski definition) is 2. The predicted molar refractivity (Wildman–Crippen MR) is 81.4 cm³/mol. The summed E-state index contributed by atoms with van der Waals surface area (Å²) in [6, 6.07) is 0.435. The van der Waals surface area contributed by atoms with E-state index in [1.54, 1.807) is 16.1 Å². The normalized spacial score (nSPS) is 23.4. The summed E-state index contributed by atoms with van der Waals surface area (Å²) in [6.07, 6.45) is 3.54. The minimum absolute atomic E-state index is 0.177. The van der Waals surface area contributed by atoms with Crippen LogP contribution in [0.5, 0.6) is 0 Å². The number of nitrogens with two attached hydrogens (primary N) is 1. The lowest BCUT2D eigenvalue weighted by Crippen LogP contribution is -2.52. The summed E-state index contributed by atoms with van der Waals surface area (Å²) < 4.78 is 25.2. The van der Waals surface area contributed by atoms with Crippen LogP contribution in [-0.2, 0) is 10.0 Å². The van der Waals surface area contributed by atoms with E-state index in [4.69, 9.17) is 5.73 Å². The molecule has 0 radical (unpaired) electrons. The lowest BCUT2D eigenvalue weighted by Gasteiger charge is -2.37. The summed E-state index contributed by atoms with van der Waals surface area (Å²) in [4.78, 5) is 12.8. The minimum atomic E-state index is -3.05. The molecule has 3 N–H and O–H groups in total. The van der Waals surface area contributed by atoms with Crippen molar-refractivity contribution in [3.8, 4) is 0 Å². The fraction of sp³-hybridized carbons (Fsp3) is 0.923. The molecule has 122 valence electrons. The highest BCUT2D eigenvalue weighted by Crippen LogP contribution is 2.17. The van der Waals surface area contributed by atoms with Gasteiger partial charge >= 0.3 is 6.03 Å². The van der Waals surface area contributed by atoms with Crippen molar-refractivity contribution >= 4 is 16.1 Å². The molecule has 0 aromatic heterocycles. The van der Waals surface area contributed by atoms with E-state index in [0.29, 0.717) is 38.3 Å². The second-order valence-corrected chi connectivity index (χ2v) is 8.10. The van der Waals surface area contributed by atoms with Crippen molar-refractivity contribution in [2.24, 2.45) is 5.73 Å². The van der Waals surface area contributed by atoms with Gasteiger partial charge in [-0.15, -0.1) is 0 Å². The van der Waals surface area contributed by atoms with E-state index in [9.17, 15) is 13.2 Å². The van der Waals surface area contributed by atoms with Crippen molar-refractivity contribution in [1.82, 2.24) is 14.5 Å². The van der Waals surface area contributed by atoms with Gasteiger partial charge in [-0.1, -0.05) is 0 Å². The number of urea groups is 1. The Morgan fingerprint density at radius 3 is 2.00 bits per heavy atom. The number of carbonyl (C=O) groups is 1. The molecular formula is C13H26N4O3S. The van der Waals surface area contributed by atoms with E-state index in [0.717, 1.165) is 25.7 Å². The topological polar surface area (TPSA) is 95.7 Å². The molecule has 0 aliphatic carbocycles. The molecule has 0 spiro atoms. The Labute approximate surface area is 126 Å². The van der Waals surface area contributed by atoms with Gasteiger partial charge in [0.05, 0.1) is 5.75 Å². The molecule has 0 aromatic rings. The van der Waals surface area contributed by atoms with Crippen LogP contribution in [-0.4, -0.2) is 67.7 Å². The smallest absolute Gasteiger partial charge is 0.314 e. The quantitative estimate of drug-likeness (QED) is 0.758. The number of nitrogens with one attached hydrogen (secondary N) is 1. The lowest BCUT2D eigenvalue weighted by atomic mass is 10.0. The summed E-state index contributed by atoms with van der Waals surface area (Å²) in [5.41, 5.74) is 5.27. The van der Waals surface area contributed by atoms with Gasteiger partial charge in [0, 0.05) is 38.3 Å². The van der Waals surface area contributed by atoms with Gasteiger partial charge in [-0.2, -0.15) is 0 Å². The van der Waals surface area contributed by atoms with Crippen LogP contribution >= 0.6 is 0 Å². The fourth-order valence-corrected chi connectivity index (χ4v) is 4.22. The zero-order valence-electron chi connectivity index (χ0n) is 12.6. The summed E-state index contributed by atoms with van der Waals surface area (Å²) in [6.45, 7) is 4.31. The maximum absolute atomic E-state index is 11.8. The van der Waals surface area contributed by atoms with Crippen molar-refractivity contribution < 1.29 is 13.2 Å². The molecule has 2 aliphatic rings. The van der Waals surface area contributed by atoms with Crippen LogP contribution in [0.2, 0.25) is 0 Å². The molecule has 2 heterocycles. The molecule has 0 unspecified atom stereocenters. The van der Waals surface area contributed by atoms with Crippen molar-refractivity contribution in [2.45, 2.75) is 44.7 Å². The molecule has 0 aromatic carbocycles. The van der Waals surface area contributed by atoms with Gasteiger partial charge in [-0.25, -0.2) is 17.5 Å². The third-order valence-corrected chi connectivity index (χ3v) is 6.37. The van der Waals surface area contributed by atoms with Gasteiger partial charge in [-0.05, 0) is 32.6 Å². The molecule has 0 saturated carbocycles. The number of likely N-dealkylation sites (tertiary alicyclic amines) is 1. The minimum Gasteiger partial charge on any atom is -0.351 e. The molecule has 2 rings (SSSR count). The second kappa shape index (κ2) is 6.93. The Morgan fingerprint density at radius 1 is 1.10 bits per heavy atom. The van der Waals surface area contributed by atoms with Gasteiger partial charge in [0.15, 0.2) is 0 Å².